The van der Waals surface area contributed by atoms with Crippen LogP contribution >= 0.6 is 0 Å². The number of hydrogen-bond donors (Lipinski definition) is 1. The van der Waals surface area contributed by atoms with Crippen LogP contribution in [0.4, 0.5) is 10.1 Å². The number of methoxy groups -OCH3 is 2. The molecule has 2 aromatic rings. The number of aromatic hydroxyl groups is 1. The number of nitrogens with zero attached hydrogens (tertiary/aromatic N) is 2. The number of piperazine rings is 1. The molecule has 0 amide bonds. The molecule has 2 aromatic carbocycles. The predicted molar refractivity (Wildman–Crippen MR) is 115 cm³/mol. The van der Waals surface area contributed by atoms with Crippen LogP contribution in [0.1, 0.15) is 22.8 Å². The van der Waals surface area contributed by atoms with Crippen LogP contribution in [0.3, 0.4) is 0 Å². The van der Waals surface area contributed by atoms with Gasteiger partial charge in [-0.05, 0) is 48.5 Å². The lowest BCUT2D eigenvalue weighted by Gasteiger charge is -2.35. The molecule has 160 valence electrons. The number of phenolic OH excluding ortho intramolecular Hbond substituents is 1. The zero-order chi connectivity index (χ0) is 21.7. The van der Waals surface area contributed by atoms with Crippen molar-refractivity contribution < 1.29 is 23.8 Å². The number of ketones is 1. The van der Waals surface area contributed by atoms with Gasteiger partial charge in [0.05, 0.1) is 19.9 Å². The summed E-state index contributed by atoms with van der Waals surface area (Å²) in [5.41, 5.74) is 1.41. The number of ether oxygens (including phenoxy) is 2. The second-order valence-corrected chi connectivity index (χ2v) is 7.06. The number of halogens is 1. The quantitative estimate of drug-likeness (QED) is 0.552. The zero-order valence-corrected chi connectivity index (χ0v) is 17.5. The van der Waals surface area contributed by atoms with E-state index < -0.39 is 5.82 Å². The van der Waals surface area contributed by atoms with Gasteiger partial charge in [0.1, 0.15) is 5.82 Å². The Hall–Kier alpha value is -3.06. The minimum absolute atomic E-state index is 0.110. The summed E-state index contributed by atoms with van der Waals surface area (Å²) < 4.78 is 24.9. The maximum Gasteiger partial charge on any atom is 0.200 e. The van der Waals surface area contributed by atoms with Gasteiger partial charge >= 0.3 is 0 Å². The first-order chi connectivity index (χ1) is 14.5. The Morgan fingerprint density at radius 3 is 2.27 bits per heavy atom. The van der Waals surface area contributed by atoms with Gasteiger partial charge in [-0.25, -0.2) is 4.39 Å². The zero-order valence-electron chi connectivity index (χ0n) is 17.5. The van der Waals surface area contributed by atoms with E-state index >= 15 is 0 Å². The predicted octanol–water partition coefficient (Wildman–Crippen LogP) is 3.59. The standard InChI is InChI=1S/C23H27FN2O4/c1-4-25-9-11-26(12-10-25)19-7-6-17(15-18(19)24)20(27)8-5-16-13-21(29-2)23(28)22(14-16)30-3/h5-8,13-15,28H,4,9-12H2,1-3H3/b8-5+. The number of rotatable bonds is 7. The molecule has 0 saturated carbocycles. The van der Waals surface area contributed by atoms with Crippen molar-refractivity contribution >= 4 is 17.5 Å². The normalized spacial score (nSPS) is 14.9. The molecule has 0 bridgehead atoms. The molecule has 1 aliphatic rings. The molecule has 1 saturated heterocycles. The Labute approximate surface area is 176 Å². The number of benzene rings is 2. The molecule has 0 radical (unpaired) electrons. The number of carbonyl (C=O) groups is 1. The Morgan fingerprint density at radius 1 is 1.10 bits per heavy atom. The van der Waals surface area contributed by atoms with Crippen molar-refractivity contribution in [1.29, 1.82) is 0 Å². The van der Waals surface area contributed by atoms with Crippen LogP contribution < -0.4 is 14.4 Å². The van der Waals surface area contributed by atoms with Crippen molar-refractivity contribution in [1.82, 2.24) is 4.90 Å². The van der Waals surface area contributed by atoms with E-state index in [4.69, 9.17) is 9.47 Å². The number of hydrogen-bond acceptors (Lipinski definition) is 6. The van der Waals surface area contributed by atoms with Gasteiger partial charge in [0.25, 0.3) is 0 Å². The highest BCUT2D eigenvalue weighted by Crippen LogP contribution is 2.37. The van der Waals surface area contributed by atoms with Gasteiger partial charge in [-0.2, -0.15) is 0 Å². The van der Waals surface area contributed by atoms with Crippen LogP contribution in [-0.4, -0.2) is 62.7 Å². The minimum Gasteiger partial charge on any atom is -0.502 e. The van der Waals surface area contributed by atoms with Crippen molar-refractivity contribution in [3.63, 3.8) is 0 Å². The summed E-state index contributed by atoms with van der Waals surface area (Å²) >= 11 is 0. The summed E-state index contributed by atoms with van der Waals surface area (Å²) in [6.07, 6.45) is 2.93. The molecule has 0 atom stereocenters. The maximum atomic E-state index is 14.7. The highest BCUT2D eigenvalue weighted by Gasteiger charge is 2.19. The lowest BCUT2D eigenvalue weighted by atomic mass is 10.1. The molecule has 1 aliphatic heterocycles. The van der Waals surface area contributed by atoms with E-state index in [-0.39, 0.29) is 28.6 Å². The van der Waals surface area contributed by atoms with Gasteiger partial charge in [0, 0.05) is 31.7 Å². The average Bonchev–Trinajstić information content (AvgIpc) is 2.78. The SMILES string of the molecule is CCN1CCN(c2ccc(C(=O)/C=C/c3cc(OC)c(O)c(OC)c3)cc2F)CC1. The molecule has 0 spiro atoms. The Balaban J connectivity index is 1.74. The van der Waals surface area contributed by atoms with Gasteiger partial charge in [-0.15, -0.1) is 0 Å². The first-order valence-corrected chi connectivity index (χ1v) is 9.91. The van der Waals surface area contributed by atoms with Crippen molar-refractivity contribution in [3.05, 3.63) is 53.4 Å². The monoisotopic (exact) mass is 414 g/mol. The molecular formula is C23H27FN2O4. The molecule has 0 unspecified atom stereocenters. The average molecular weight is 414 g/mol. The Morgan fingerprint density at radius 2 is 1.73 bits per heavy atom. The molecule has 30 heavy (non-hydrogen) atoms. The Kier molecular flexibility index (Phi) is 6.95. The van der Waals surface area contributed by atoms with Gasteiger partial charge in [-0.3, -0.25) is 4.79 Å². The van der Waals surface area contributed by atoms with Gasteiger partial charge in [0.2, 0.25) is 5.75 Å². The first kappa shape index (κ1) is 21.6. The van der Waals surface area contributed by atoms with Crippen LogP contribution in [-0.2, 0) is 0 Å². The number of carbonyl (C=O) groups excluding carboxylic acids is 1. The largest absolute Gasteiger partial charge is 0.502 e. The molecule has 1 heterocycles. The van der Waals surface area contributed by atoms with Crippen molar-refractivity contribution in [3.8, 4) is 17.2 Å². The fourth-order valence-electron chi connectivity index (χ4n) is 3.50. The van der Waals surface area contributed by atoms with E-state index in [2.05, 4.69) is 11.8 Å². The summed E-state index contributed by atoms with van der Waals surface area (Å²) in [6, 6.07) is 7.77. The van der Waals surface area contributed by atoms with Crippen LogP contribution in [0.5, 0.6) is 17.2 Å². The van der Waals surface area contributed by atoms with Crippen molar-refractivity contribution in [2.75, 3.05) is 51.8 Å². The van der Waals surface area contributed by atoms with Gasteiger partial charge < -0.3 is 24.4 Å². The number of allylic oxidation sites excluding steroid dienone is 1. The second-order valence-electron chi connectivity index (χ2n) is 7.06. The molecule has 6 nitrogen and oxygen atoms in total. The van der Waals surface area contributed by atoms with Crippen LogP contribution in [0.25, 0.3) is 6.08 Å². The second kappa shape index (κ2) is 9.63. The summed E-state index contributed by atoms with van der Waals surface area (Å²) in [5, 5.41) is 9.97. The summed E-state index contributed by atoms with van der Waals surface area (Å²) in [4.78, 5) is 16.9. The molecule has 7 heteroatoms. The van der Waals surface area contributed by atoms with E-state index in [1.54, 1.807) is 30.3 Å². The van der Waals surface area contributed by atoms with Crippen LogP contribution in [0.15, 0.2) is 36.4 Å². The van der Waals surface area contributed by atoms with Crippen molar-refractivity contribution in [2.45, 2.75) is 6.92 Å². The molecular weight excluding hydrogens is 387 g/mol. The van der Waals surface area contributed by atoms with Crippen molar-refractivity contribution in [2.24, 2.45) is 0 Å². The summed E-state index contributed by atoms with van der Waals surface area (Å²) in [6.45, 7) is 6.45. The molecule has 0 aromatic heterocycles. The number of phenols is 1. The highest BCUT2D eigenvalue weighted by atomic mass is 19.1. The third-order valence-corrected chi connectivity index (χ3v) is 5.32. The lowest BCUT2D eigenvalue weighted by molar-refractivity contribution is 0.104. The van der Waals surface area contributed by atoms with E-state index in [1.807, 2.05) is 4.90 Å². The molecule has 1 fully saturated rings. The van der Waals surface area contributed by atoms with E-state index in [1.165, 1.54) is 26.4 Å². The Bertz CT molecular complexity index is 912. The maximum absolute atomic E-state index is 14.7. The minimum atomic E-state index is -0.396. The third-order valence-electron chi connectivity index (χ3n) is 5.32. The molecule has 3 rings (SSSR count). The third kappa shape index (κ3) is 4.74. The van der Waals surface area contributed by atoms with E-state index in [0.29, 0.717) is 11.3 Å². The van der Waals surface area contributed by atoms with Gasteiger partial charge in [0.15, 0.2) is 17.3 Å². The number of anilines is 1. The fraction of sp³-hybridized carbons (Fsp3) is 0.348. The van der Waals surface area contributed by atoms with E-state index in [0.717, 1.165) is 32.7 Å². The summed E-state index contributed by atoms with van der Waals surface area (Å²) in [5.74, 6) is -0.352. The molecule has 1 N–H and O–H groups in total. The van der Waals surface area contributed by atoms with Gasteiger partial charge in [-0.1, -0.05) is 13.0 Å². The van der Waals surface area contributed by atoms with Crippen LogP contribution in [0.2, 0.25) is 0 Å². The molecule has 0 aliphatic carbocycles. The lowest BCUT2D eigenvalue weighted by Crippen LogP contribution is -2.46. The summed E-state index contributed by atoms with van der Waals surface area (Å²) in [7, 11) is 2.86. The van der Waals surface area contributed by atoms with E-state index in [9.17, 15) is 14.3 Å². The van der Waals surface area contributed by atoms with Crippen LogP contribution in [0, 0.1) is 5.82 Å². The first-order valence-electron chi connectivity index (χ1n) is 9.91. The highest BCUT2D eigenvalue weighted by molar-refractivity contribution is 6.07. The topological polar surface area (TPSA) is 62.2 Å². The fourth-order valence-corrected chi connectivity index (χ4v) is 3.50. The smallest absolute Gasteiger partial charge is 0.200 e. The number of likely N-dealkylation sites (N-methyl/N-ethyl adjacent to an activating group) is 1.